The van der Waals surface area contributed by atoms with E-state index in [-0.39, 0.29) is 6.04 Å². The largest absolute Gasteiger partial charge is 0.384 e. The molecule has 0 aliphatic carbocycles. The molecular formula is C21H21N7O. The zero-order chi connectivity index (χ0) is 19.8. The molecule has 1 saturated heterocycles. The molecule has 0 saturated carbocycles. The van der Waals surface area contributed by atoms with Gasteiger partial charge in [0, 0.05) is 37.0 Å². The van der Waals surface area contributed by atoms with E-state index in [0.717, 1.165) is 53.7 Å². The van der Waals surface area contributed by atoms with Gasteiger partial charge < -0.3 is 15.2 Å². The molecule has 3 aromatic heterocycles. The topological polar surface area (TPSA) is 98.9 Å². The summed E-state index contributed by atoms with van der Waals surface area (Å²) in [5.74, 6) is 2.82. The van der Waals surface area contributed by atoms with Crippen molar-refractivity contribution in [2.75, 3.05) is 17.2 Å². The third-order valence-electron chi connectivity index (χ3n) is 5.33. The fraction of sp³-hybridized carbons (Fsp3) is 0.238. The van der Waals surface area contributed by atoms with Crippen molar-refractivity contribution < 1.29 is 4.52 Å². The van der Waals surface area contributed by atoms with Crippen LogP contribution in [0, 0.1) is 0 Å². The fourth-order valence-corrected chi connectivity index (χ4v) is 3.86. The van der Waals surface area contributed by atoms with Gasteiger partial charge in [-0.2, -0.15) is 0 Å². The number of nitrogens with zero attached hydrogens (tertiary/aromatic N) is 6. The van der Waals surface area contributed by atoms with Gasteiger partial charge in [-0.3, -0.25) is 4.57 Å². The lowest BCUT2D eigenvalue weighted by molar-refractivity contribution is 0.416. The Bertz CT molecular complexity index is 1120. The van der Waals surface area contributed by atoms with E-state index in [1.807, 2.05) is 54.1 Å². The van der Waals surface area contributed by atoms with Crippen molar-refractivity contribution >= 4 is 11.8 Å². The standard InChI is InChI=1S/C21H21N7O/c1-27-20(15-9-10-19(22)23-13-15)24-25-21(27)28-11-5-8-17(28)16-12-18(29-26-16)14-6-3-2-4-7-14/h2-4,6-7,9-10,12-13,17H,5,8,11H2,1H3,(H2,22,23). The van der Waals surface area contributed by atoms with Gasteiger partial charge in [0.05, 0.1) is 6.04 Å². The van der Waals surface area contributed by atoms with Gasteiger partial charge >= 0.3 is 0 Å². The first kappa shape index (κ1) is 17.4. The number of anilines is 2. The molecule has 1 atom stereocenters. The number of hydrogen-bond acceptors (Lipinski definition) is 7. The molecule has 1 aliphatic heterocycles. The average Bonchev–Trinajstić information content (AvgIpc) is 3.48. The normalized spacial score (nSPS) is 16.4. The Labute approximate surface area is 168 Å². The lowest BCUT2D eigenvalue weighted by atomic mass is 10.1. The van der Waals surface area contributed by atoms with Crippen molar-refractivity contribution in [3.63, 3.8) is 0 Å². The number of rotatable bonds is 4. The van der Waals surface area contributed by atoms with Crippen LogP contribution < -0.4 is 10.6 Å². The van der Waals surface area contributed by atoms with E-state index in [0.29, 0.717) is 5.82 Å². The maximum absolute atomic E-state index is 5.70. The molecule has 1 fully saturated rings. The molecule has 0 amide bonds. The van der Waals surface area contributed by atoms with Crippen LogP contribution in [0.1, 0.15) is 24.6 Å². The molecule has 0 radical (unpaired) electrons. The van der Waals surface area contributed by atoms with E-state index in [9.17, 15) is 0 Å². The third kappa shape index (κ3) is 3.12. The monoisotopic (exact) mass is 387 g/mol. The van der Waals surface area contributed by atoms with E-state index in [4.69, 9.17) is 10.3 Å². The summed E-state index contributed by atoms with van der Waals surface area (Å²) >= 11 is 0. The Morgan fingerprint density at radius 2 is 1.93 bits per heavy atom. The van der Waals surface area contributed by atoms with Crippen LogP contribution in [-0.4, -0.2) is 31.4 Å². The van der Waals surface area contributed by atoms with Gasteiger partial charge in [-0.25, -0.2) is 4.98 Å². The summed E-state index contributed by atoms with van der Waals surface area (Å²) in [5, 5.41) is 13.2. The van der Waals surface area contributed by atoms with E-state index in [1.54, 1.807) is 12.3 Å². The Hall–Kier alpha value is -3.68. The smallest absolute Gasteiger partial charge is 0.227 e. The Morgan fingerprint density at radius 1 is 1.07 bits per heavy atom. The maximum Gasteiger partial charge on any atom is 0.227 e. The summed E-state index contributed by atoms with van der Waals surface area (Å²) in [6.45, 7) is 0.893. The SMILES string of the molecule is Cn1c(-c2ccc(N)nc2)nnc1N1CCCC1c1cc(-c2ccccc2)on1. The van der Waals surface area contributed by atoms with Crippen LogP contribution in [0.2, 0.25) is 0 Å². The van der Waals surface area contributed by atoms with Crippen LogP contribution in [0.5, 0.6) is 0 Å². The molecule has 0 spiro atoms. The van der Waals surface area contributed by atoms with Crippen molar-refractivity contribution in [3.8, 4) is 22.7 Å². The second kappa shape index (κ2) is 7.05. The van der Waals surface area contributed by atoms with Crippen LogP contribution in [0.25, 0.3) is 22.7 Å². The minimum atomic E-state index is 0.108. The number of nitrogens with two attached hydrogens (primary N) is 1. The number of nitrogen functional groups attached to an aromatic ring is 1. The van der Waals surface area contributed by atoms with E-state index in [2.05, 4.69) is 25.2 Å². The summed E-state index contributed by atoms with van der Waals surface area (Å²) in [6, 6.07) is 15.8. The molecule has 8 nitrogen and oxygen atoms in total. The molecular weight excluding hydrogens is 366 g/mol. The summed E-state index contributed by atoms with van der Waals surface area (Å²) in [6.07, 6.45) is 3.77. The van der Waals surface area contributed by atoms with Gasteiger partial charge in [-0.1, -0.05) is 35.5 Å². The minimum Gasteiger partial charge on any atom is -0.384 e. The fourth-order valence-electron chi connectivity index (χ4n) is 3.86. The molecule has 0 bridgehead atoms. The molecule has 2 N–H and O–H groups in total. The van der Waals surface area contributed by atoms with Crippen molar-refractivity contribution in [1.82, 2.24) is 24.9 Å². The highest BCUT2D eigenvalue weighted by atomic mass is 16.5. The zero-order valence-electron chi connectivity index (χ0n) is 16.1. The number of benzene rings is 1. The first-order chi connectivity index (χ1) is 14.2. The maximum atomic E-state index is 5.70. The summed E-state index contributed by atoms with van der Waals surface area (Å²) in [4.78, 5) is 6.40. The third-order valence-corrected chi connectivity index (χ3v) is 5.33. The molecule has 4 heterocycles. The van der Waals surface area contributed by atoms with E-state index in [1.165, 1.54) is 0 Å². The molecule has 1 aromatic carbocycles. The Balaban J connectivity index is 1.45. The van der Waals surface area contributed by atoms with Crippen molar-refractivity contribution in [2.45, 2.75) is 18.9 Å². The highest BCUT2D eigenvalue weighted by Gasteiger charge is 2.32. The van der Waals surface area contributed by atoms with E-state index < -0.39 is 0 Å². The number of aromatic nitrogens is 5. The van der Waals surface area contributed by atoms with Crippen LogP contribution in [0.4, 0.5) is 11.8 Å². The molecule has 1 unspecified atom stereocenters. The van der Waals surface area contributed by atoms with Gasteiger partial charge in [-0.05, 0) is 25.0 Å². The van der Waals surface area contributed by atoms with E-state index >= 15 is 0 Å². The Morgan fingerprint density at radius 3 is 2.72 bits per heavy atom. The van der Waals surface area contributed by atoms with Gasteiger partial charge in [0.15, 0.2) is 11.6 Å². The summed E-state index contributed by atoms with van der Waals surface area (Å²) in [5.41, 5.74) is 8.51. The highest BCUT2D eigenvalue weighted by molar-refractivity contribution is 5.59. The van der Waals surface area contributed by atoms with Crippen LogP contribution in [0.15, 0.2) is 59.3 Å². The zero-order valence-corrected chi connectivity index (χ0v) is 16.1. The lowest BCUT2D eigenvalue weighted by Gasteiger charge is -2.23. The number of hydrogen-bond donors (Lipinski definition) is 1. The second-order valence-corrected chi connectivity index (χ2v) is 7.19. The molecule has 1 aliphatic rings. The van der Waals surface area contributed by atoms with Gasteiger partial charge in [0.2, 0.25) is 5.95 Å². The molecule has 29 heavy (non-hydrogen) atoms. The molecule has 5 rings (SSSR count). The average molecular weight is 387 g/mol. The number of pyridine rings is 1. The van der Waals surface area contributed by atoms with Crippen LogP contribution in [0.3, 0.4) is 0 Å². The Kier molecular flexibility index (Phi) is 4.23. The molecule has 4 aromatic rings. The highest BCUT2D eigenvalue weighted by Crippen LogP contribution is 2.37. The second-order valence-electron chi connectivity index (χ2n) is 7.19. The van der Waals surface area contributed by atoms with Crippen molar-refractivity contribution in [2.24, 2.45) is 7.05 Å². The van der Waals surface area contributed by atoms with Crippen molar-refractivity contribution in [1.29, 1.82) is 0 Å². The first-order valence-corrected chi connectivity index (χ1v) is 9.60. The van der Waals surface area contributed by atoms with Crippen LogP contribution in [-0.2, 0) is 7.05 Å². The molecule has 8 heteroatoms. The summed E-state index contributed by atoms with van der Waals surface area (Å²) < 4.78 is 7.61. The van der Waals surface area contributed by atoms with Crippen molar-refractivity contribution in [3.05, 3.63) is 60.4 Å². The van der Waals surface area contributed by atoms with Gasteiger partial charge in [0.25, 0.3) is 0 Å². The minimum absolute atomic E-state index is 0.108. The van der Waals surface area contributed by atoms with Gasteiger partial charge in [-0.15, -0.1) is 10.2 Å². The lowest BCUT2D eigenvalue weighted by Crippen LogP contribution is -2.25. The predicted octanol–water partition coefficient (Wildman–Crippen LogP) is 3.46. The predicted molar refractivity (Wildman–Crippen MR) is 110 cm³/mol. The van der Waals surface area contributed by atoms with Crippen LogP contribution >= 0.6 is 0 Å². The quantitative estimate of drug-likeness (QED) is 0.572. The van der Waals surface area contributed by atoms with Gasteiger partial charge in [0.1, 0.15) is 11.5 Å². The summed E-state index contributed by atoms with van der Waals surface area (Å²) in [7, 11) is 1.97. The molecule has 146 valence electrons. The first-order valence-electron chi connectivity index (χ1n) is 9.60.